The third-order valence-electron chi connectivity index (χ3n) is 3.23. The van der Waals surface area contributed by atoms with E-state index in [9.17, 15) is 4.39 Å². The summed E-state index contributed by atoms with van der Waals surface area (Å²) in [6.45, 7) is 1.91. The van der Waals surface area contributed by atoms with Crippen LogP contribution in [0.1, 0.15) is 18.3 Å². The molecule has 0 radical (unpaired) electrons. The summed E-state index contributed by atoms with van der Waals surface area (Å²) in [5.41, 5.74) is 1.53. The highest BCUT2D eigenvalue weighted by Gasteiger charge is 2.11. The van der Waals surface area contributed by atoms with Crippen molar-refractivity contribution in [3.8, 4) is 16.6 Å². The number of halogens is 1. The highest BCUT2D eigenvalue weighted by Crippen LogP contribution is 2.22. The second-order valence-electron chi connectivity index (χ2n) is 5.13. The van der Waals surface area contributed by atoms with Crippen molar-refractivity contribution in [2.75, 3.05) is 5.32 Å². The summed E-state index contributed by atoms with van der Waals surface area (Å²) >= 11 is 1.37. The molecule has 3 heterocycles. The van der Waals surface area contributed by atoms with Gasteiger partial charge >= 0.3 is 0 Å². The maximum Gasteiger partial charge on any atom is 0.222 e. The Bertz CT molecular complexity index is 871. The third kappa shape index (κ3) is 3.70. The van der Waals surface area contributed by atoms with E-state index in [1.807, 2.05) is 13.0 Å². The molecule has 1 N–H and O–H groups in total. The van der Waals surface area contributed by atoms with Crippen molar-refractivity contribution in [1.29, 1.82) is 5.26 Å². The maximum absolute atomic E-state index is 13.6. The molecule has 0 fully saturated rings. The number of nitriles is 1. The summed E-state index contributed by atoms with van der Waals surface area (Å²) in [6, 6.07) is 4.87. The Hall–Kier alpha value is -2.92. The maximum atomic E-state index is 13.6. The van der Waals surface area contributed by atoms with Gasteiger partial charge in [0.15, 0.2) is 5.69 Å². The number of nitrogens with one attached hydrogen (secondary N) is 1. The number of aromatic nitrogens is 4. The fourth-order valence-corrected chi connectivity index (χ4v) is 2.82. The van der Waals surface area contributed by atoms with Gasteiger partial charge in [0.05, 0.1) is 5.69 Å². The summed E-state index contributed by atoms with van der Waals surface area (Å²) < 4.78 is 13.6. The van der Waals surface area contributed by atoms with Gasteiger partial charge in [-0.1, -0.05) is 0 Å². The van der Waals surface area contributed by atoms with Crippen molar-refractivity contribution in [2.24, 2.45) is 0 Å². The molecule has 0 amide bonds. The van der Waals surface area contributed by atoms with Crippen molar-refractivity contribution in [3.05, 3.63) is 53.3 Å². The Labute approximate surface area is 142 Å². The lowest BCUT2D eigenvalue weighted by Gasteiger charge is -2.13. The Morgan fingerprint density at radius 1 is 1.33 bits per heavy atom. The largest absolute Gasteiger partial charge is 0.351 e. The number of anilines is 1. The Morgan fingerprint density at radius 2 is 2.12 bits per heavy atom. The molecule has 8 heteroatoms. The summed E-state index contributed by atoms with van der Waals surface area (Å²) in [5.74, 6) is 0.124. The molecular weight excluding hydrogens is 327 g/mol. The number of thiazole rings is 1. The molecule has 1 atom stereocenters. The molecule has 0 aliphatic rings. The molecule has 0 spiro atoms. The molecule has 3 aromatic heterocycles. The van der Waals surface area contributed by atoms with Crippen LogP contribution < -0.4 is 5.32 Å². The molecule has 0 saturated heterocycles. The van der Waals surface area contributed by atoms with Crippen LogP contribution in [0.4, 0.5) is 10.3 Å². The lowest BCUT2D eigenvalue weighted by Crippen LogP contribution is -2.20. The van der Waals surface area contributed by atoms with Gasteiger partial charge in [-0.05, 0) is 19.1 Å². The summed E-state index contributed by atoms with van der Waals surface area (Å²) in [5, 5.41) is 14.3. The van der Waals surface area contributed by atoms with Crippen molar-refractivity contribution < 1.29 is 4.39 Å². The van der Waals surface area contributed by atoms with Gasteiger partial charge in [-0.15, -0.1) is 11.3 Å². The van der Waals surface area contributed by atoms with Gasteiger partial charge in [-0.25, -0.2) is 19.3 Å². The van der Waals surface area contributed by atoms with Crippen molar-refractivity contribution in [1.82, 2.24) is 19.9 Å². The van der Waals surface area contributed by atoms with E-state index in [4.69, 9.17) is 5.26 Å². The van der Waals surface area contributed by atoms with Crippen LogP contribution in [0.15, 0.2) is 36.1 Å². The van der Waals surface area contributed by atoms with Gasteiger partial charge in [0.25, 0.3) is 0 Å². The number of rotatable bonds is 5. The second-order valence-corrected chi connectivity index (χ2v) is 5.98. The monoisotopic (exact) mass is 340 g/mol. The minimum Gasteiger partial charge on any atom is -0.351 e. The SMILES string of the molecule is CC(Cc1ncccc1F)Nc1ncc(-c2nc(C#N)cs2)cn1. The normalized spacial score (nSPS) is 11.7. The molecule has 0 bridgehead atoms. The van der Waals surface area contributed by atoms with E-state index in [0.717, 1.165) is 5.56 Å². The first-order valence-electron chi connectivity index (χ1n) is 7.19. The van der Waals surface area contributed by atoms with Crippen molar-refractivity contribution in [3.63, 3.8) is 0 Å². The Balaban J connectivity index is 1.65. The zero-order valence-electron chi connectivity index (χ0n) is 12.8. The lowest BCUT2D eigenvalue weighted by atomic mass is 10.1. The molecule has 0 aromatic carbocycles. The van der Waals surface area contributed by atoms with Gasteiger partial charge in [-0.2, -0.15) is 5.26 Å². The zero-order valence-corrected chi connectivity index (χ0v) is 13.6. The van der Waals surface area contributed by atoms with Crippen LogP contribution in [0.3, 0.4) is 0 Å². The molecule has 3 aromatic rings. The van der Waals surface area contributed by atoms with Crippen LogP contribution >= 0.6 is 11.3 Å². The summed E-state index contributed by atoms with van der Waals surface area (Å²) in [4.78, 5) is 16.7. The van der Waals surface area contributed by atoms with E-state index >= 15 is 0 Å². The number of hydrogen-bond donors (Lipinski definition) is 1. The first-order valence-corrected chi connectivity index (χ1v) is 8.07. The zero-order chi connectivity index (χ0) is 16.9. The van der Waals surface area contributed by atoms with Crippen molar-refractivity contribution in [2.45, 2.75) is 19.4 Å². The molecule has 0 aliphatic heterocycles. The van der Waals surface area contributed by atoms with E-state index < -0.39 is 0 Å². The Morgan fingerprint density at radius 3 is 2.79 bits per heavy atom. The third-order valence-corrected chi connectivity index (χ3v) is 4.12. The molecule has 0 aliphatic carbocycles. The van der Waals surface area contributed by atoms with E-state index in [1.54, 1.807) is 30.0 Å². The number of pyridine rings is 1. The summed E-state index contributed by atoms with van der Waals surface area (Å²) in [7, 11) is 0. The molecule has 24 heavy (non-hydrogen) atoms. The minimum absolute atomic E-state index is 0.0784. The van der Waals surface area contributed by atoms with Crippen LogP contribution in [-0.2, 0) is 6.42 Å². The van der Waals surface area contributed by atoms with Crippen LogP contribution in [0.25, 0.3) is 10.6 Å². The minimum atomic E-state index is -0.320. The molecule has 3 rings (SSSR count). The first kappa shape index (κ1) is 16.0. The lowest BCUT2D eigenvalue weighted by molar-refractivity contribution is 0.588. The average molecular weight is 340 g/mol. The molecule has 120 valence electrons. The molecule has 0 saturated carbocycles. The first-order chi connectivity index (χ1) is 11.7. The molecule has 6 nitrogen and oxygen atoms in total. The van der Waals surface area contributed by atoms with Crippen LogP contribution in [0, 0.1) is 17.1 Å². The fourth-order valence-electron chi connectivity index (χ4n) is 2.10. The Kier molecular flexibility index (Phi) is 4.72. The number of hydrogen-bond acceptors (Lipinski definition) is 7. The number of nitrogens with zero attached hydrogens (tertiary/aromatic N) is 5. The van der Waals surface area contributed by atoms with E-state index in [2.05, 4.69) is 25.3 Å². The van der Waals surface area contributed by atoms with Crippen molar-refractivity contribution >= 4 is 17.3 Å². The predicted octanol–water partition coefficient (Wildman–Crippen LogP) is 3.05. The van der Waals surface area contributed by atoms with E-state index in [1.165, 1.54) is 17.4 Å². The smallest absolute Gasteiger partial charge is 0.222 e. The standard InChI is InChI=1S/C16H13FN6S/c1-10(5-14-13(17)3-2-4-19-14)22-16-20-7-11(8-21-16)15-23-12(6-18)9-24-15/h2-4,7-10H,5H2,1H3,(H,20,21,22). The summed E-state index contributed by atoms with van der Waals surface area (Å²) in [6.07, 6.45) is 5.28. The van der Waals surface area contributed by atoms with Gasteiger partial charge in [-0.3, -0.25) is 4.98 Å². The molecular formula is C16H13FN6S. The average Bonchev–Trinajstić information content (AvgIpc) is 3.07. The molecule has 1 unspecified atom stereocenters. The van der Waals surface area contributed by atoms with Crippen LogP contribution in [-0.4, -0.2) is 26.0 Å². The van der Waals surface area contributed by atoms with Gasteiger partial charge in [0, 0.05) is 42.0 Å². The fraction of sp³-hybridized carbons (Fsp3) is 0.188. The quantitative estimate of drug-likeness (QED) is 0.768. The van der Waals surface area contributed by atoms with E-state index in [0.29, 0.717) is 28.8 Å². The highest BCUT2D eigenvalue weighted by atomic mass is 32.1. The van der Waals surface area contributed by atoms with Gasteiger partial charge in [0.2, 0.25) is 5.95 Å². The van der Waals surface area contributed by atoms with Crippen LogP contribution in [0.5, 0.6) is 0 Å². The van der Waals surface area contributed by atoms with E-state index in [-0.39, 0.29) is 11.9 Å². The van der Waals surface area contributed by atoms with Gasteiger partial charge in [0.1, 0.15) is 16.9 Å². The predicted molar refractivity (Wildman–Crippen MR) is 88.8 cm³/mol. The highest BCUT2D eigenvalue weighted by molar-refractivity contribution is 7.13. The topological polar surface area (TPSA) is 87.4 Å². The van der Waals surface area contributed by atoms with Crippen LogP contribution in [0.2, 0.25) is 0 Å². The van der Waals surface area contributed by atoms with Gasteiger partial charge < -0.3 is 5.32 Å². The second kappa shape index (κ2) is 7.10.